The topological polar surface area (TPSA) is 9.23 Å². The van der Waals surface area contributed by atoms with E-state index < -0.39 is 0 Å². The fourth-order valence-electron chi connectivity index (χ4n) is 1.79. The Hall–Kier alpha value is -0.300. The van der Waals surface area contributed by atoms with Gasteiger partial charge in [-0.15, -0.1) is 0 Å². The van der Waals surface area contributed by atoms with Crippen molar-refractivity contribution in [3.63, 3.8) is 0 Å². The van der Waals surface area contributed by atoms with Crippen LogP contribution in [0.5, 0.6) is 0 Å². The van der Waals surface area contributed by atoms with Crippen molar-refractivity contribution < 1.29 is 4.74 Å². The molecule has 0 aromatic heterocycles. The third kappa shape index (κ3) is 2.66. The zero-order chi connectivity index (χ0) is 8.10. The first-order chi connectivity index (χ1) is 5.36. The van der Waals surface area contributed by atoms with Crippen LogP contribution in [0.15, 0.2) is 12.2 Å². The molecule has 11 heavy (non-hydrogen) atoms. The fourth-order valence-corrected chi connectivity index (χ4v) is 1.79. The molecule has 64 valence electrons. The minimum atomic E-state index is 0.538. The summed E-state index contributed by atoms with van der Waals surface area (Å²) < 4.78 is 5.29. The molecule has 0 N–H and O–H groups in total. The van der Waals surface area contributed by atoms with E-state index in [1.54, 1.807) is 0 Å². The van der Waals surface area contributed by atoms with Crippen molar-refractivity contribution in [2.24, 2.45) is 5.92 Å². The molecule has 0 aromatic rings. The van der Waals surface area contributed by atoms with Gasteiger partial charge < -0.3 is 4.74 Å². The van der Waals surface area contributed by atoms with Crippen LogP contribution in [-0.4, -0.2) is 13.2 Å². The quantitative estimate of drug-likeness (QED) is 0.556. The van der Waals surface area contributed by atoms with Gasteiger partial charge in [0.1, 0.15) is 0 Å². The van der Waals surface area contributed by atoms with Gasteiger partial charge >= 0.3 is 0 Å². The van der Waals surface area contributed by atoms with Gasteiger partial charge in [0, 0.05) is 7.11 Å². The Morgan fingerprint density at radius 3 is 2.27 bits per heavy atom. The van der Waals surface area contributed by atoms with E-state index >= 15 is 0 Å². The molecule has 0 aliphatic heterocycles. The lowest BCUT2D eigenvalue weighted by molar-refractivity contribution is 0.0627. The highest BCUT2D eigenvalue weighted by atomic mass is 16.5. The Balaban J connectivity index is 2.24. The number of hydrogen-bond donors (Lipinski definition) is 0. The van der Waals surface area contributed by atoms with E-state index in [1.165, 1.54) is 25.7 Å². The van der Waals surface area contributed by atoms with E-state index in [0.717, 1.165) is 5.92 Å². The minimum absolute atomic E-state index is 0.538. The largest absolute Gasteiger partial charge is 0.381 e. The van der Waals surface area contributed by atoms with Gasteiger partial charge in [-0.05, 0) is 38.5 Å². The fraction of sp³-hybridized carbons (Fsp3) is 0.800. The molecule has 0 radical (unpaired) electrons. The van der Waals surface area contributed by atoms with Crippen molar-refractivity contribution in [3.8, 4) is 0 Å². The van der Waals surface area contributed by atoms with Gasteiger partial charge in [0.2, 0.25) is 0 Å². The molecule has 0 saturated heterocycles. The lowest BCUT2D eigenvalue weighted by Crippen LogP contribution is -2.19. The van der Waals surface area contributed by atoms with E-state index in [9.17, 15) is 0 Å². The monoisotopic (exact) mass is 154 g/mol. The molecule has 1 rings (SSSR count). The molecule has 1 aliphatic rings. The standard InChI is InChI=1S/C10H18O/c1-3-4-9-5-7-10(11-2)8-6-9/h3-4,9-10H,5-8H2,1-2H3. The van der Waals surface area contributed by atoms with Crippen LogP contribution < -0.4 is 0 Å². The van der Waals surface area contributed by atoms with E-state index in [4.69, 9.17) is 4.74 Å². The molecule has 0 aromatic carbocycles. The first-order valence-electron chi connectivity index (χ1n) is 4.52. The maximum Gasteiger partial charge on any atom is 0.0571 e. The summed E-state index contributed by atoms with van der Waals surface area (Å²) in [6, 6.07) is 0. The summed E-state index contributed by atoms with van der Waals surface area (Å²) in [5.74, 6) is 0.825. The molecule has 0 unspecified atom stereocenters. The van der Waals surface area contributed by atoms with Crippen LogP contribution in [0, 0.1) is 5.92 Å². The van der Waals surface area contributed by atoms with Crippen molar-refractivity contribution in [1.29, 1.82) is 0 Å². The molecule has 0 bridgehead atoms. The van der Waals surface area contributed by atoms with Crippen molar-refractivity contribution in [2.45, 2.75) is 38.7 Å². The van der Waals surface area contributed by atoms with E-state index in [-0.39, 0.29) is 0 Å². The Labute approximate surface area is 69.4 Å². The summed E-state index contributed by atoms with van der Waals surface area (Å²) in [5.41, 5.74) is 0. The summed E-state index contributed by atoms with van der Waals surface area (Å²) in [6.45, 7) is 2.10. The summed E-state index contributed by atoms with van der Waals surface area (Å²) in [5, 5.41) is 0. The van der Waals surface area contributed by atoms with Gasteiger partial charge in [0.15, 0.2) is 0 Å². The summed E-state index contributed by atoms with van der Waals surface area (Å²) in [7, 11) is 1.82. The predicted octanol–water partition coefficient (Wildman–Crippen LogP) is 2.77. The van der Waals surface area contributed by atoms with Crippen molar-refractivity contribution >= 4 is 0 Å². The second-order valence-corrected chi connectivity index (χ2v) is 3.30. The maximum absolute atomic E-state index is 5.29. The lowest BCUT2D eigenvalue weighted by atomic mass is 9.87. The second kappa shape index (κ2) is 4.55. The maximum atomic E-state index is 5.29. The van der Waals surface area contributed by atoms with Crippen LogP contribution in [0.3, 0.4) is 0 Å². The Morgan fingerprint density at radius 2 is 1.82 bits per heavy atom. The van der Waals surface area contributed by atoms with E-state index in [1.807, 2.05) is 7.11 Å². The lowest BCUT2D eigenvalue weighted by Gasteiger charge is -2.25. The van der Waals surface area contributed by atoms with Crippen molar-refractivity contribution in [2.75, 3.05) is 7.11 Å². The molecular formula is C10H18O. The van der Waals surface area contributed by atoms with Gasteiger partial charge in [0.05, 0.1) is 6.10 Å². The normalized spacial score (nSPS) is 32.9. The number of allylic oxidation sites excluding steroid dienone is 2. The average molecular weight is 154 g/mol. The molecule has 0 atom stereocenters. The first-order valence-corrected chi connectivity index (χ1v) is 4.52. The van der Waals surface area contributed by atoms with Crippen LogP contribution >= 0.6 is 0 Å². The molecule has 1 fully saturated rings. The predicted molar refractivity (Wildman–Crippen MR) is 47.6 cm³/mol. The number of methoxy groups -OCH3 is 1. The van der Waals surface area contributed by atoms with Crippen LogP contribution in [-0.2, 0) is 4.74 Å². The van der Waals surface area contributed by atoms with Crippen LogP contribution in [0.4, 0.5) is 0 Å². The second-order valence-electron chi connectivity index (χ2n) is 3.30. The van der Waals surface area contributed by atoms with E-state index in [2.05, 4.69) is 19.1 Å². The van der Waals surface area contributed by atoms with Crippen LogP contribution in [0.25, 0.3) is 0 Å². The van der Waals surface area contributed by atoms with Crippen LogP contribution in [0.1, 0.15) is 32.6 Å². The third-order valence-corrected chi connectivity index (χ3v) is 2.52. The number of rotatable bonds is 2. The zero-order valence-electron chi connectivity index (χ0n) is 7.55. The summed E-state index contributed by atoms with van der Waals surface area (Å²) >= 11 is 0. The summed E-state index contributed by atoms with van der Waals surface area (Å²) in [4.78, 5) is 0. The SMILES string of the molecule is CC=CC1CCC(OC)CC1. The molecule has 0 spiro atoms. The van der Waals surface area contributed by atoms with Gasteiger partial charge in [-0.2, -0.15) is 0 Å². The van der Waals surface area contributed by atoms with Gasteiger partial charge in [-0.25, -0.2) is 0 Å². The molecule has 1 aliphatic carbocycles. The number of ether oxygens (including phenoxy) is 1. The molecule has 1 heteroatoms. The first kappa shape index (κ1) is 8.79. The van der Waals surface area contributed by atoms with E-state index in [0.29, 0.717) is 6.10 Å². The molecule has 1 nitrogen and oxygen atoms in total. The van der Waals surface area contributed by atoms with Gasteiger partial charge in [-0.1, -0.05) is 12.2 Å². The molecule has 1 saturated carbocycles. The minimum Gasteiger partial charge on any atom is -0.381 e. The Bertz CT molecular complexity index is 121. The Kier molecular flexibility index (Phi) is 3.64. The van der Waals surface area contributed by atoms with Crippen molar-refractivity contribution in [1.82, 2.24) is 0 Å². The Morgan fingerprint density at radius 1 is 1.18 bits per heavy atom. The van der Waals surface area contributed by atoms with Gasteiger partial charge in [-0.3, -0.25) is 0 Å². The smallest absolute Gasteiger partial charge is 0.0571 e. The molecular weight excluding hydrogens is 136 g/mol. The summed E-state index contributed by atoms with van der Waals surface area (Å²) in [6.07, 6.45) is 10.1. The highest BCUT2D eigenvalue weighted by Gasteiger charge is 2.18. The van der Waals surface area contributed by atoms with Crippen LogP contribution in [0.2, 0.25) is 0 Å². The highest BCUT2D eigenvalue weighted by Crippen LogP contribution is 2.26. The number of hydrogen-bond acceptors (Lipinski definition) is 1. The molecule has 0 amide bonds. The third-order valence-electron chi connectivity index (χ3n) is 2.52. The zero-order valence-corrected chi connectivity index (χ0v) is 7.55. The highest BCUT2D eigenvalue weighted by molar-refractivity contribution is 4.88. The van der Waals surface area contributed by atoms with Gasteiger partial charge in [0.25, 0.3) is 0 Å². The van der Waals surface area contributed by atoms with Crippen molar-refractivity contribution in [3.05, 3.63) is 12.2 Å². The molecule has 0 heterocycles. The average Bonchev–Trinajstić information content (AvgIpc) is 2.07.